The Morgan fingerprint density at radius 3 is 2.74 bits per heavy atom. The zero-order valence-electron chi connectivity index (χ0n) is 25.4. The molecule has 6 rings (SSSR count). The van der Waals surface area contributed by atoms with E-state index in [9.17, 15) is 14.4 Å². The van der Waals surface area contributed by atoms with Crippen LogP contribution in [0.4, 0.5) is 19.6 Å². The van der Waals surface area contributed by atoms with Crippen LogP contribution in [0, 0.1) is 23.0 Å². The Labute approximate surface area is 272 Å². The number of nitrogens with two attached hydrogens (primary N) is 1. The number of carbonyl (C=O) groups is 1. The van der Waals surface area contributed by atoms with Gasteiger partial charge in [0, 0.05) is 54.9 Å². The molecule has 0 unspecified atom stereocenters. The highest BCUT2D eigenvalue weighted by Crippen LogP contribution is 2.45. The number of thiazole rings is 1. The number of aromatic nitrogens is 4. The van der Waals surface area contributed by atoms with Gasteiger partial charge in [-0.05, 0) is 51.4 Å². The molecule has 0 spiro atoms. The number of nitrogen functional groups attached to an aromatic ring is 1. The second-order valence-electron chi connectivity index (χ2n) is 11.3. The van der Waals surface area contributed by atoms with E-state index in [1.807, 2.05) is 30.8 Å². The van der Waals surface area contributed by atoms with Gasteiger partial charge in [0.1, 0.15) is 28.7 Å². The zero-order chi connectivity index (χ0) is 32.9. The van der Waals surface area contributed by atoms with Crippen molar-refractivity contribution in [3.8, 4) is 28.6 Å². The van der Waals surface area contributed by atoms with E-state index in [4.69, 9.17) is 22.3 Å². The van der Waals surface area contributed by atoms with Crippen molar-refractivity contribution in [3.05, 3.63) is 65.3 Å². The number of nitriles is 1. The number of pyridine rings is 1. The van der Waals surface area contributed by atoms with Crippen LogP contribution in [0.1, 0.15) is 12.5 Å². The lowest BCUT2D eigenvalue weighted by atomic mass is 9.97. The predicted molar refractivity (Wildman–Crippen MR) is 178 cm³/mol. The van der Waals surface area contributed by atoms with Crippen molar-refractivity contribution in [2.75, 3.05) is 50.9 Å². The van der Waals surface area contributed by atoms with Gasteiger partial charge in [0.25, 0.3) is 0 Å². The van der Waals surface area contributed by atoms with Crippen molar-refractivity contribution < 1.29 is 13.6 Å². The summed E-state index contributed by atoms with van der Waals surface area (Å²) >= 11 is 7.81. The smallest absolute Gasteiger partial charge is 0.246 e. The maximum atomic E-state index is 17.0. The van der Waals surface area contributed by atoms with E-state index in [-0.39, 0.29) is 60.2 Å². The molecule has 4 heterocycles. The third-order valence-electron chi connectivity index (χ3n) is 8.16. The van der Waals surface area contributed by atoms with Crippen molar-refractivity contribution in [1.82, 2.24) is 29.5 Å². The summed E-state index contributed by atoms with van der Waals surface area (Å²) in [6.45, 7) is 7.79. The molecule has 0 radical (unpaired) electrons. The number of fused-ring (bicyclic) bond motifs is 2. The molecule has 1 fully saturated rings. The zero-order valence-corrected chi connectivity index (χ0v) is 27.0. The van der Waals surface area contributed by atoms with Gasteiger partial charge in [0.05, 0.1) is 33.2 Å². The molecule has 1 amide bonds. The largest absolute Gasteiger partial charge is 0.375 e. The molecule has 1 aliphatic rings. The molecule has 0 saturated carbocycles. The second kappa shape index (κ2) is 12.3. The number of likely N-dealkylation sites (N-methyl/N-ethyl adjacent to an activating group) is 1. The molecule has 1 saturated heterocycles. The van der Waals surface area contributed by atoms with Crippen LogP contribution in [0.3, 0.4) is 0 Å². The van der Waals surface area contributed by atoms with Crippen LogP contribution < -0.4 is 10.6 Å². The fourth-order valence-electron chi connectivity index (χ4n) is 5.99. The van der Waals surface area contributed by atoms with Crippen LogP contribution in [0.2, 0.25) is 5.02 Å². The summed E-state index contributed by atoms with van der Waals surface area (Å²) in [5.74, 6) is -1.47. The lowest BCUT2D eigenvalue weighted by molar-refractivity contribution is -0.128. The average Bonchev–Trinajstić information content (AvgIpc) is 3.66. The molecule has 236 valence electrons. The van der Waals surface area contributed by atoms with E-state index in [0.717, 1.165) is 11.3 Å². The number of hydrogen-bond donors (Lipinski definition) is 1. The molecule has 1 atom stereocenters. The average molecular weight is 662 g/mol. The lowest BCUT2D eigenvalue weighted by Gasteiger charge is -2.41. The molecule has 46 heavy (non-hydrogen) atoms. The maximum Gasteiger partial charge on any atom is 0.246 e. The maximum absolute atomic E-state index is 17.0. The second-order valence-corrected chi connectivity index (χ2v) is 12.8. The number of amides is 1. The topological polar surface area (TPSA) is 120 Å². The molecule has 2 N–H and O–H groups in total. The Morgan fingerprint density at radius 1 is 1.26 bits per heavy atom. The van der Waals surface area contributed by atoms with Crippen molar-refractivity contribution >= 4 is 60.8 Å². The number of nitrogens with zero attached hydrogens (tertiary/aromatic N) is 8. The van der Waals surface area contributed by atoms with E-state index < -0.39 is 11.6 Å². The minimum absolute atomic E-state index is 0.00513. The molecule has 1 aliphatic heterocycles. The van der Waals surface area contributed by atoms with Crippen LogP contribution >= 0.6 is 22.9 Å². The number of benzene rings is 2. The Kier molecular flexibility index (Phi) is 8.37. The highest BCUT2D eigenvalue weighted by molar-refractivity contribution is 7.22. The number of rotatable bonds is 7. The van der Waals surface area contributed by atoms with Gasteiger partial charge < -0.3 is 20.4 Å². The summed E-state index contributed by atoms with van der Waals surface area (Å²) in [5, 5.41) is 15.6. The van der Waals surface area contributed by atoms with Crippen molar-refractivity contribution in [2.45, 2.75) is 19.5 Å². The summed E-state index contributed by atoms with van der Waals surface area (Å²) in [6, 6.07) is 8.08. The van der Waals surface area contributed by atoms with E-state index in [1.165, 1.54) is 18.2 Å². The number of carbonyl (C=O) groups excluding carboxylic acids is 1. The first-order valence-corrected chi connectivity index (χ1v) is 15.7. The first kappa shape index (κ1) is 31.3. The molecular weight excluding hydrogens is 632 g/mol. The normalized spacial score (nSPS) is 15.2. The standard InChI is InChI=1S/C32H30ClF2N9OS/c1-5-24(45)43-12-11-42(16-17(43)2)30-19-14-21(33)25(18-6-7-22(34)31-29(18)40-32(37)46-31)26(35)28(19)39-27(20(30)15-36)23-8-9-38-44(23)13-10-41(3)4/h5-9,14,17H,1,10-13,16H2,2-4H3,(H2,37,40)/t17-/m1/s1. The summed E-state index contributed by atoms with van der Waals surface area (Å²) < 4.78 is 33.6. The van der Waals surface area contributed by atoms with Crippen LogP contribution in [0.5, 0.6) is 0 Å². The summed E-state index contributed by atoms with van der Waals surface area (Å²) in [6.07, 6.45) is 2.89. The molecule has 3 aromatic heterocycles. The minimum Gasteiger partial charge on any atom is -0.375 e. The van der Waals surface area contributed by atoms with Crippen molar-refractivity contribution in [3.63, 3.8) is 0 Å². The van der Waals surface area contributed by atoms with E-state index in [1.54, 1.807) is 27.9 Å². The van der Waals surface area contributed by atoms with Gasteiger partial charge in [-0.2, -0.15) is 10.4 Å². The molecule has 0 aliphatic carbocycles. The van der Waals surface area contributed by atoms with Crippen molar-refractivity contribution in [1.29, 1.82) is 5.26 Å². The highest BCUT2D eigenvalue weighted by atomic mass is 35.5. The summed E-state index contributed by atoms with van der Waals surface area (Å²) in [7, 11) is 3.88. The molecule has 10 nitrogen and oxygen atoms in total. The van der Waals surface area contributed by atoms with Gasteiger partial charge >= 0.3 is 0 Å². The fourth-order valence-corrected chi connectivity index (χ4v) is 7.04. The number of halogens is 3. The Morgan fingerprint density at radius 2 is 2.04 bits per heavy atom. The van der Waals surface area contributed by atoms with Crippen molar-refractivity contribution in [2.24, 2.45) is 0 Å². The highest BCUT2D eigenvalue weighted by Gasteiger charge is 2.32. The number of anilines is 2. The van der Waals surface area contributed by atoms with E-state index in [0.29, 0.717) is 49.5 Å². The molecule has 0 bridgehead atoms. The minimum atomic E-state index is -0.748. The van der Waals surface area contributed by atoms with Crippen LogP contribution in [0.15, 0.2) is 43.1 Å². The number of hydrogen-bond acceptors (Lipinski definition) is 9. The van der Waals surface area contributed by atoms with Gasteiger partial charge in [-0.3, -0.25) is 9.48 Å². The van der Waals surface area contributed by atoms with Crippen LogP contribution in [-0.2, 0) is 11.3 Å². The number of piperazine rings is 1. The fraction of sp³-hybridized carbons (Fsp3) is 0.281. The van der Waals surface area contributed by atoms with Gasteiger partial charge in [-0.15, -0.1) is 0 Å². The molecule has 2 aromatic carbocycles. The lowest BCUT2D eigenvalue weighted by Crippen LogP contribution is -2.54. The first-order valence-electron chi connectivity index (χ1n) is 14.5. The quantitative estimate of drug-likeness (QED) is 0.226. The van der Waals surface area contributed by atoms with E-state index >= 15 is 4.39 Å². The van der Waals surface area contributed by atoms with Crippen LogP contribution in [0.25, 0.3) is 43.6 Å². The summed E-state index contributed by atoms with van der Waals surface area (Å²) in [5.41, 5.74) is 7.82. The van der Waals surface area contributed by atoms with Gasteiger partial charge in [0.15, 0.2) is 10.9 Å². The van der Waals surface area contributed by atoms with Gasteiger partial charge in [-0.25, -0.2) is 18.7 Å². The predicted octanol–water partition coefficient (Wildman–Crippen LogP) is 5.55. The molecular formula is C32H30ClF2N9OS. The molecule has 5 aromatic rings. The van der Waals surface area contributed by atoms with Gasteiger partial charge in [0.2, 0.25) is 5.91 Å². The monoisotopic (exact) mass is 661 g/mol. The third-order valence-corrected chi connectivity index (χ3v) is 9.35. The van der Waals surface area contributed by atoms with E-state index in [2.05, 4.69) is 22.7 Å². The first-order chi connectivity index (χ1) is 22.0. The third kappa shape index (κ3) is 5.32. The van der Waals surface area contributed by atoms with Gasteiger partial charge in [-0.1, -0.05) is 29.5 Å². The Balaban J connectivity index is 1.63. The Bertz CT molecular complexity index is 2070. The summed E-state index contributed by atoms with van der Waals surface area (Å²) in [4.78, 5) is 27.2. The Hall–Kier alpha value is -4.64. The van der Waals surface area contributed by atoms with Crippen LogP contribution in [-0.4, -0.2) is 81.8 Å². The molecule has 14 heteroatoms. The SMILES string of the molecule is C=CC(=O)N1CCN(c2c(C#N)c(-c3ccnn3CCN(C)C)nc3c(F)c(-c4ccc(F)c5sc(N)nc45)c(Cl)cc23)C[C@H]1C.